The van der Waals surface area contributed by atoms with E-state index in [9.17, 15) is 0 Å². The zero-order chi connectivity index (χ0) is 37.8. The lowest BCUT2D eigenvalue weighted by molar-refractivity contribution is 0.670. The molecule has 10 aromatic rings. The molecule has 11 rings (SSSR count). The van der Waals surface area contributed by atoms with Gasteiger partial charge in [-0.1, -0.05) is 176 Å². The van der Waals surface area contributed by atoms with Crippen LogP contribution in [0.2, 0.25) is 0 Å². The third kappa shape index (κ3) is 5.26. The van der Waals surface area contributed by atoms with Gasteiger partial charge in [0.2, 0.25) is 0 Å². The first-order valence-electron chi connectivity index (χ1n) is 19.6. The molecule has 0 radical (unpaired) electrons. The zero-order valence-electron chi connectivity index (χ0n) is 31.2. The Morgan fingerprint density at radius 3 is 1.54 bits per heavy atom. The third-order valence-electron chi connectivity index (χ3n) is 11.8. The molecule has 1 aliphatic rings. The van der Waals surface area contributed by atoms with Crippen LogP contribution >= 0.6 is 0 Å². The molecule has 0 unspecified atom stereocenters. The Morgan fingerprint density at radius 2 is 0.842 bits per heavy atom. The predicted octanol–water partition coefficient (Wildman–Crippen LogP) is 14.8. The van der Waals surface area contributed by atoms with Crippen LogP contribution in [0.1, 0.15) is 22.3 Å². The Bertz CT molecular complexity index is 3000. The number of hydrogen-bond acceptors (Lipinski definition) is 2. The number of fused-ring (bicyclic) bond motifs is 6. The van der Waals surface area contributed by atoms with Crippen molar-refractivity contribution in [2.75, 3.05) is 4.90 Å². The molecule has 0 saturated heterocycles. The molecule has 1 aliphatic carbocycles. The van der Waals surface area contributed by atoms with E-state index < -0.39 is 5.41 Å². The summed E-state index contributed by atoms with van der Waals surface area (Å²) in [5.74, 6) is 0. The molecule has 268 valence electrons. The minimum atomic E-state index is -0.434. The van der Waals surface area contributed by atoms with Crippen LogP contribution in [0.4, 0.5) is 17.1 Å². The summed E-state index contributed by atoms with van der Waals surface area (Å²) in [6.07, 6.45) is 0. The van der Waals surface area contributed by atoms with E-state index in [0.717, 1.165) is 50.1 Å². The maximum Gasteiger partial charge on any atom is 0.143 e. The van der Waals surface area contributed by atoms with Gasteiger partial charge in [-0.3, -0.25) is 0 Å². The Kier molecular flexibility index (Phi) is 7.75. The highest BCUT2D eigenvalue weighted by Gasteiger charge is 2.46. The minimum Gasteiger partial charge on any atom is -0.455 e. The van der Waals surface area contributed by atoms with Crippen LogP contribution in [0.25, 0.3) is 55.3 Å². The molecule has 0 bridgehead atoms. The lowest BCUT2D eigenvalue weighted by atomic mass is 9.67. The molecule has 0 amide bonds. The van der Waals surface area contributed by atoms with Crippen molar-refractivity contribution in [2.45, 2.75) is 5.41 Å². The van der Waals surface area contributed by atoms with Crippen molar-refractivity contribution in [2.24, 2.45) is 0 Å². The topological polar surface area (TPSA) is 16.4 Å². The number of anilines is 3. The Hall–Kier alpha value is -7.42. The fraction of sp³-hybridized carbons (Fsp3) is 0.0182. The van der Waals surface area contributed by atoms with Gasteiger partial charge in [-0.15, -0.1) is 0 Å². The highest BCUT2D eigenvalue weighted by molar-refractivity contribution is 6.09. The fourth-order valence-corrected chi connectivity index (χ4v) is 9.22. The summed E-state index contributed by atoms with van der Waals surface area (Å²) in [7, 11) is 0. The van der Waals surface area contributed by atoms with Gasteiger partial charge >= 0.3 is 0 Å². The second-order valence-electron chi connectivity index (χ2n) is 14.8. The standard InChI is InChI=1S/C55H37NO/c1-4-15-41(16-5-1)55(42-17-6-2-7-18-42)51-25-12-10-21-47(51)48-36-31-40(37-52(48)55)38-27-32-44(33-28-38)56(43-19-8-3-9-20-43)45-34-29-39(30-35-45)46-23-14-24-50-49-22-11-13-26-53(49)57-54(46)50/h1-37H. The first-order valence-corrected chi connectivity index (χ1v) is 19.6. The second kappa shape index (κ2) is 13.4. The number of nitrogens with zero attached hydrogens (tertiary/aromatic N) is 1. The van der Waals surface area contributed by atoms with Crippen molar-refractivity contribution < 1.29 is 4.42 Å². The smallest absolute Gasteiger partial charge is 0.143 e. The van der Waals surface area contributed by atoms with Crippen LogP contribution in [-0.4, -0.2) is 0 Å². The maximum atomic E-state index is 6.39. The molecule has 0 aliphatic heterocycles. The molecular weight excluding hydrogens is 691 g/mol. The maximum absolute atomic E-state index is 6.39. The molecule has 0 saturated carbocycles. The summed E-state index contributed by atoms with van der Waals surface area (Å²) in [6.45, 7) is 0. The summed E-state index contributed by atoms with van der Waals surface area (Å²) in [6, 6.07) is 81.1. The number of benzene rings is 9. The minimum absolute atomic E-state index is 0.434. The number of rotatable bonds is 7. The second-order valence-corrected chi connectivity index (χ2v) is 14.8. The van der Waals surface area contributed by atoms with Crippen molar-refractivity contribution in [1.82, 2.24) is 0 Å². The highest BCUT2D eigenvalue weighted by Crippen LogP contribution is 2.56. The van der Waals surface area contributed by atoms with Crippen LogP contribution in [-0.2, 0) is 5.41 Å². The van der Waals surface area contributed by atoms with Crippen LogP contribution in [0, 0.1) is 0 Å². The van der Waals surface area contributed by atoms with Crippen molar-refractivity contribution in [3.8, 4) is 33.4 Å². The van der Waals surface area contributed by atoms with Crippen LogP contribution < -0.4 is 4.90 Å². The van der Waals surface area contributed by atoms with Gasteiger partial charge in [0.25, 0.3) is 0 Å². The molecule has 2 nitrogen and oxygen atoms in total. The average molecular weight is 728 g/mol. The first-order chi connectivity index (χ1) is 28.3. The number of hydrogen-bond donors (Lipinski definition) is 0. The molecule has 2 heteroatoms. The molecule has 0 fully saturated rings. The van der Waals surface area contributed by atoms with Crippen molar-refractivity contribution in [1.29, 1.82) is 0 Å². The van der Waals surface area contributed by atoms with Gasteiger partial charge in [-0.2, -0.15) is 0 Å². The lowest BCUT2D eigenvalue weighted by Crippen LogP contribution is -2.28. The normalized spacial score (nSPS) is 12.7. The quantitative estimate of drug-likeness (QED) is 0.163. The monoisotopic (exact) mass is 727 g/mol. The molecule has 1 aromatic heterocycles. The molecule has 57 heavy (non-hydrogen) atoms. The van der Waals surface area contributed by atoms with E-state index in [0.29, 0.717) is 0 Å². The Balaban J connectivity index is 0.990. The SMILES string of the molecule is c1ccc(N(c2ccc(-c3ccc4c(c3)C(c3ccccc3)(c3ccccc3)c3ccccc3-4)cc2)c2ccc(-c3cccc4c3oc3ccccc34)cc2)cc1. The highest BCUT2D eigenvalue weighted by atomic mass is 16.3. The van der Waals surface area contributed by atoms with Crippen LogP contribution in [0.5, 0.6) is 0 Å². The first kappa shape index (κ1) is 33.0. The van der Waals surface area contributed by atoms with Gasteiger partial charge in [-0.05, 0) is 98.6 Å². The number of furan rings is 1. The van der Waals surface area contributed by atoms with Gasteiger partial charge in [-0.25, -0.2) is 0 Å². The zero-order valence-corrected chi connectivity index (χ0v) is 31.2. The summed E-state index contributed by atoms with van der Waals surface area (Å²) in [5.41, 5.74) is 17.0. The van der Waals surface area contributed by atoms with E-state index in [1.54, 1.807) is 0 Å². The summed E-state index contributed by atoms with van der Waals surface area (Å²) >= 11 is 0. The van der Waals surface area contributed by atoms with E-state index in [1.165, 1.54) is 44.5 Å². The van der Waals surface area contributed by atoms with Gasteiger partial charge in [0, 0.05) is 33.4 Å². The summed E-state index contributed by atoms with van der Waals surface area (Å²) in [4.78, 5) is 2.32. The van der Waals surface area contributed by atoms with Gasteiger partial charge in [0.1, 0.15) is 11.2 Å². The van der Waals surface area contributed by atoms with Crippen molar-refractivity contribution >= 4 is 39.0 Å². The third-order valence-corrected chi connectivity index (χ3v) is 11.8. The van der Waals surface area contributed by atoms with E-state index in [1.807, 2.05) is 12.1 Å². The lowest BCUT2D eigenvalue weighted by Gasteiger charge is -2.34. The van der Waals surface area contributed by atoms with Crippen LogP contribution in [0.3, 0.4) is 0 Å². The van der Waals surface area contributed by atoms with Gasteiger partial charge in [0.05, 0.1) is 5.41 Å². The average Bonchev–Trinajstić information content (AvgIpc) is 3.82. The molecule has 0 atom stereocenters. The van der Waals surface area contributed by atoms with Crippen molar-refractivity contribution in [3.63, 3.8) is 0 Å². The number of para-hydroxylation sites is 3. The van der Waals surface area contributed by atoms with Crippen molar-refractivity contribution in [3.05, 3.63) is 247 Å². The fourth-order valence-electron chi connectivity index (χ4n) is 9.22. The molecule has 9 aromatic carbocycles. The Labute approximate surface area is 332 Å². The van der Waals surface area contributed by atoms with Gasteiger partial charge < -0.3 is 9.32 Å². The van der Waals surface area contributed by atoms with E-state index in [4.69, 9.17) is 4.42 Å². The summed E-state index contributed by atoms with van der Waals surface area (Å²) in [5, 5.41) is 2.28. The largest absolute Gasteiger partial charge is 0.455 e. The molecule has 1 heterocycles. The molecular formula is C55H37NO. The van der Waals surface area contributed by atoms with E-state index in [2.05, 4.69) is 217 Å². The van der Waals surface area contributed by atoms with Crippen LogP contribution in [0.15, 0.2) is 229 Å². The van der Waals surface area contributed by atoms with E-state index >= 15 is 0 Å². The molecule has 0 spiro atoms. The molecule has 0 N–H and O–H groups in total. The van der Waals surface area contributed by atoms with E-state index in [-0.39, 0.29) is 0 Å². The predicted molar refractivity (Wildman–Crippen MR) is 237 cm³/mol. The Morgan fingerprint density at radius 1 is 0.333 bits per heavy atom. The van der Waals surface area contributed by atoms with Gasteiger partial charge in [0.15, 0.2) is 0 Å². The summed E-state index contributed by atoms with van der Waals surface area (Å²) < 4.78 is 6.39.